The normalized spacial score (nSPS) is 21.7. The van der Waals surface area contributed by atoms with Gasteiger partial charge in [0, 0.05) is 43.2 Å². The number of likely N-dealkylation sites (tertiary alicyclic amines) is 2. The summed E-state index contributed by atoms with van der Waals surface area (Å²) in [5.74, 6) is 0.0708. The number of amides is 1. The van der Waals surface area contributed by atoms with E-state index in [2.05, 4.69) is 4.90 Å². The Morgan fingerprint density at radius 1 is 1.21 bits per heavy atom. The number of thiophene rings is 1. The van der Waals surface area contributed by atoms with Gasteiger partial charge in [-0.25, -0.2) is 0 Å². The number of aliphatic hydroxyl groups excluding tert-OH is 2. The summed E-state index contributed by atoms with van der Waals surface area (Å²) in [4.78, 5) is 17.7. The summed E-state index contributed by atoms with van der Waals surface area (Å²) < 4.78 is 0. The highest BCUT2D eigenvalue weighted by Gasteiger charge is 2.28. The molecule has 132 valence electrons. The van der Waals surface area contributed by atoms with Gasteiger partial charge in [-0.05, 0) is 48.8 Å². The molecule has 2 saturated heterocycles. The number of aliphatic hydroxyl groups is 2. The molecule has 3 heterocycles. The van der Waals surface area contributed by atoms with Crippen LogP contribution in [0.2, 0.25) is 0 Å². The topological polar surface area (TPSA) is 64.0 Å². The molecule has 0 atom stereocenters. The fraction of sp³-hybridized carbons (Fsp3) is 0.611. The van der Waals surface area contributed by atoms with E-state index in [1.165, 1.54) is 11.3 Å². The second-order valence-corrected chi connectivity index (χ2v) is 7.62. The highest BCUT2D eigenvalue weighted by Crippen LogP contribution is 2.22. The maximum absolute atomic E-state index is 12.3. The smallest absolute Gasteiger partial charge is 0.246 e. The van der Waals surface area contributed by atoms with E-state index in [4.69, 9.17) is 5.11 Å². The molecule has 0 aromatic carbocycles. The fourth-order valence-corrected chi connectivity index (χ4v) is 4.32. The molecule has 24 heavy (non-hydrogen) atoms. The van der Waals surface area contributed by atoms with Crippen LogP contribution in [0.15, 0.2) is 17.5 Å². The van der Waals surface area contributed by atoms with Crippen molar-refractivity contribution in [1.29, 1.82) is 0 Å². The molecule has 6 heteroatoms. The van der Waals surface area contributed by atoms with Crippen molar-refractivity contribution < 1.29 is 15.0 Å². The number of hydrogen-bond donors (Lipinski definition) is 2. The highest BCUT2D eigenvalue weighted by atomic mass is 32.1. The van der Waals surface area contributed by atoms with Gasteiger partial charge in [-0.15, -0.1) is 11.3 Å². The number of carbonyl (C=O) groups is 1. The molecule has 0 saturated carbocycles. The Balaban J connectivity index is 1.46. The third-order valence-electron chi connectivity index (χ3n) is 5.04. The molecule has 2 aliphatic rings. The van der Waals surface area contributed by atoms with Crippen LogP contribution in [-0.2, 0) is 11.4 Å². The summed E-state index contributed by atoms with van der Waals surface area (Å²) in [5, 5.41) is 20.6. The molecule has 1 aromatic rings. The van der Waals surface area contributed by atoms with Crippen molar-refractivity contribution in [2.75, 3.05) is 26.2 Å². The van der Waals surface area contributed by atoms with Crippen molar-refractivity contribution in [2.45, 2.75) is 44.4 Å². The third kappa shape index (κ3) is 4.45. The first-order chi connectivity index (χ1) is 11.7. The summed E-state index contributed by atoms with van der Waals surface area (Å²) in [6, 6.07) is 2.46. The molecule has 2 N–H and O–H groups in total. The first-order valence-corrected chi connectivity index (χ1v) is 9.61. The van der Waals surface area contributed by atoms with Crippen LogP contribution in [0.25, 0.3) is 6.08 Å². The third-order valence-corrected chi connectivity index (χ3v) is 5.99. The summed E-state index contributed by atoms with van der Waals surface area (Å²) in [7, 11) is 0. The van der Waals surface area contributed by atoms with Crippen LogP contribution < -0.4 is 0 Å². The summed E-state index contributed by atoms with van der Waals surface area (Å²) in [6.45, 7) is 3.61. The van der Waals surface area contributed by atoms with Crippen molar-refractivity contribution in [2.24, 2.45) is 0 Å². The van der Waals surface area contributed by atoms with Gasteiger partial charge in [0.1, 0.15) is 0 Å². The van der Waals surface area contributed by atoms with Crippen LogP contribution in [0.3, 0.4) is 0 Å². The first-order valence-electron chi connectivity index (χ1n) is 8.73. The van der Waals surface area contributed by atoms with E-state index in [0.717, 1.165) is 62.3 Å². The van der Waals surface area contributed by atoms with Gasteiger partial charge in [-0.2, -0.15) is 0 Å². The van der Waals surface area contributed by atoms with Crippen molar-refractivity contribution in [3.63, 3.8) is 0 Å². The maximum atomic E-state index is 12.3. The van der Waals surface area contributed by atoms with E-state index in [9.17, 15) is 9.90 Å². The van der Waals surface area contributed by atoms with Crippen LogP contribution in [0.5, 0.6) is 0 Å². The van der Waals surface area contributed by atoms with Gasteiger partial charge in [-0.1, -0.05) is 0 Å². The maximum Gasteiger partial charge on any atom is 0.246 e. The molecule has 0 aliphatic carbocycles. The van der Waals surface area contributed by atoms with E-state index in [1.54, 1.807) is 6.08 Å². The zero-order valence-electron chi connectivity index (χ0n) is 13.9. The zero-order chi connectivity index (χ0) is 16.9. The molecule has 5 nitrogen and oxygen atoms in total. The molecule has 0 bridgehead atoms. The van der Waals surface area contributed by atoms with Gasteiger partial charge in [0.2, 0.25) is 5.91 Å². The molecule has 0 spiro atoms. The Morgan fingerprint density at radius 3 is 2.54 bits per heavy atom. The molecule has 2 aliphatic heterocycles. The monoisotopic (exact) mass is 350 g/mol. The molecule has 1 aromatic heterocycles. The molecule has 2 fully saturated rings. The minimum atomic E-state index is -0.128. The predicted octanol–water partition coefficient (Wildman–Crippen LogP) is 1.70. The Hall–Kier alpha value is -1.21. The molecule has 3 rings (SSSR count). The number of rotatable bonds is 4. The molecule has 0 radical (unpaired) electrons. The molecular weight excluding hydrogens is 324 g/mol. The van der Waals surface area contributed by atoms with Crippen LogP contribution in [0.4, 0.5) is 0 Å². The lowest BCUT2D eigenvalue weighted by atomic mass is 9.99. The number of nitrogens with zero attached hydrogens (tertiary/aromatic N) is 2. The second-order valence-electron chi connectivity index (χ2n) is 6.67. The van der Waals surface area contributed by atoms with Gasteiger partial charge in [0.15, 0.2) is 0 Å². The summed E-state index contributed by atoms with van der Waals surface area (Å²) in [5.41, 5.74) is 0.888. The minimum Gasteiger partial charge on any atom is -0.393 e. The number of piperidine rings is 2. The average Bonchev–Trinajstić information content (AvgIpc) is 3.09. The summed E-state index contributed by atoms with van der Waals surface area (Å²) in [6.07, 6.45) is 7.13. The van der Waals surface area contributed by atoms with Gasteiger partial charge in [0.05, 0.1) is 12.7 Å². The lowest BCUT2D eigenvalue weighted by molar-refractivity contribution is -0.127. The average molecular weight is 350 g/mol. The SMILES string of the molecule is O=C(/C=C/c1cc(CO)cs1)N1CCC(N2CCC(O)CC2)CC1. The molecule has 0 unspecified atom stereocenters. The van der Waals surface area contributed by atoms with E-state index < -0.39 is 0 Å². The van der Waals surface area contributed by atoms with Gasteiger partial charge in [-0.3, -0.25) is 4.79 Å². The van der Waals surface area contributed by atoms with Crippen LogP contribution in [-0.4, -0.2) is 64.2 Å². The highest BCUT2D eigenvalue weighted by molar-refractivity contribution is 7.11. The van der Waals surface area contributed by atoms with Gasteiger partial charge >= 0.3 is 0 Å². The zero-order valence-corrected chi connectivity index (χ0v) is 14.7. The quantitative estimate of drug-likeness (QED) is 0.812. The van der Waals surface area contributed by atoms with Crippen molar-refractivity contribution in [1.82, 2.24) is 9.80 Å². The first kappa shape index (κ1) is 17.6. The Morgan fingerprint density at radius 2 is 1.92 bits per heavy atom. The molecule has 1 amide bonds. The Bertz CT molecular complexity index is 571. The minimum absolute atomic E-state index is 0.0410. The van der Waals surface area contributed by atoms with E-state index in [0.29, 0.717) is 6.04 Å². The van der Waals surface area contributed by atoms with Crippen molar-refractivity contribution in [3.05, 3.63) is 28.0 Å². The van der Waals surface area contributed by atoms with Crippen molar-refractivity contribution >= 4 is 23.3 Å². The van der Waals surface area contributed by atoms with E-state index in [1.807, 2.05) is 22.4 Å². The van der Waals surface area contributed by atoms with Crippen LogP contribution in [0.1, 0.15) is 36.1 Å². The summed E-state index contributed by atoms with van der Waals surface area (Å²) >= 11 is 1.54. The predicted molar refractivity (Wildman–Crippen MR) is 95.7 cm³/mol. The molecular formula is C18H26N2O3S. The number of carbonyl (C=O) groups excluding carboxylic acids is 1. The standard InChI is InChI=1S/C18H26N2O3S/c21-12-14-11-17(24-13-14)1-2-18(23)20-7-3-15(4-8-20)19-9-5-16(22)6-10-19/h1-2,11,13,15-16,21-22H,3-10,12H2/b2-1+. The second kappa shape index (κ2) is 8.25. The van der Waals surface area contributed by atoms with Crippen LogP contribution in [0, 0.1) is 0 Å². The van der Waals surface area contributed by atoms with Crippen molar-refractivity contribution in [3.8, 4) is 0 Å². The Kier molecular flexibility index (Phi) is 6.05. The van der Waals surface area contributed by atoms with Gasteiger partial charge < -0.3 is 20.0 Å². The van der Waals surface area contributed by atoms with Crippen LogP contribution >= 0.6 is 11.3 Å². The van der Waals surface area contributed by atoms with E-state index in [-0.39, 0.29) is 18.6 Å². The van der Waals surface area contributed by atoms with E-state index >= 15 is 0 Å². The fourth-order valence-electron chi connectivity index (χ4n) is 3.53. The lowest BCUT2D eigenvalue weighted by Crippen LogP contribution is -2.49. The van der Waals surface area contributed by atoms with Gasteiger partial charge in [0.25, 0.3) is 0 Å². The largest absolute Gasteiger partial charge is 0.393 e. The number of hydrogen-bond acceptors (Lipinski definition) is 5. The lowest BCUT2D eigenvalue weighted by Gasteiger charge is -2.40. The Labute approximate surface area is 147 Å².